The topological polar surface area (TPSA) is 119 Å². The molecule has 0 bridgehead atoms. The van der Waals surface area contributed by atoms with Gasteiger partial charge in [0.05, 0.1) is 30.4 Å². The average molecular weight is 435 g/mol. The number of esters is 1. The average Bonchev–Trinajstić information content (AvgIpc) is 3.18. The number of hydrogen-bond acceptors (Lipinski definition) is 7. The molecule has 156 valence electrons. The van der Waals surface area contributed by atoms with Crippen molar-refractivity contribution in [3.05, 3.63) is 76.8 Å². The molecule has 31 heavy (non-hydrogen) atoms. The Kier molecular flexibility index (Phi) is 5.80. The van der Waals surface area contributed by atoms with Crippen molar-refractivity contribution in [3.8, 4) is 5.69 Å². The number of thioether (sulfide) groups is 1. The largest absolute Gasteiger partial charge is 0.465 e. The SMILES string of the molecule is COC(=O)c1ccccc1NC(=O)CSc1nc2c(=O)[nH]cnc2n1-c1ccccc1. The summed E-state index contributed by atoms with van der Waals surface area (Å²) in [6, 6.07) is 15.9. The van der Waals surface area contributed by atoms with Gasteiger partial charge in [-0.25, -0.2) is 14.8 Å². The highest BCUT2D eigenvalue weighted by molar-refractivity contribution is 7.99. The lowest BCUT2D eigenvalue weighted by Crippen LogP contribution is -2.17. The van der Waals surface area contributed by atoms with Gasteiger partial charge in [-0.05, 0) is 24.3 Å². The molecular weight excluding hydrogens is 418 g/mol. The van der Waals surface area contributed by atoms with Gasteiger partial charge in [0.2, 0.25) is 5.91 Å². The Morgan fingerprint density at radius 2 is 1.87 bits per heavy atom. The van der Waals surface area contributed by atoms with Crippen LogP contribution in [0.15, 0.2) is 70.9 Å². The van der Waals surface area contributed by atoms with E-state index in [9.17, 15) is 14.4 Å². The predicted octanol–water partition coefficient (Wildman–Crippen LogP) is 2.63. The number of amides is 1. The molecule has 0 aliphatic rings. The van der Waals surface area contributed by atoms with Crippen molar-refractivity contribution in [1.82, 2.24) is 19.5 Å². The van der Waals surface area contributed by atoms with E-state index in [0.717, 1.165) is 17.4 Å². The fraction of sp³-hybridized carbons (Fsp3) is 0.0952. The van der Waals surface area contributed by atoms with Crippen LogP contribution in [0.2, 0.25) is 0 Å². The number of ether oxygens (including phenoxy) is 1. The zero-order valence-corrected chi connectivity index (χ0v) is 17.2. The van der Waals surface area contributed by atoms with E-state index in [0.29, 0.717) is 16.5 Å². The Bertz CT molecular complexity index is 1320. The standard InChI is InChI=1S/C21H17N5O4S/c1-30-20(29)14-9-5-6-10-15(14)24-16(27)11-31-21-25-17-18(22-12-23-19(17)28)26(21)13-7-3-2-4-8-13/h2-10,12H,11H2,1H3,(H,24,27)(H,22,23,28). The van der Waals surface area contributed by atoms with Crippen molar-refractivity contribution in [3.63, 3.8) is 0 Å². The van der Waals surface area contributed by atoms with Crippen LogP contribution in [0.4, 0.5) is 5.69 Å². The molecule has 0 spiro atoms. The number of carbonyl (C=O) groups excluding carboxylic acids is 2. The normalized spacial score (nSPS) is 10.7. The summed E-state index contributed by atoms with van der Waals surface area (Å²) in [7, 11) is 1.28. The number of para-hydroxylation sites is 2. The molecular formula is C21H17N5O4S. The second kappa shape index (κ2) is 8.84. The van der Waals surface area contributed by atoms with E-state index >= 15 is 0 Å². The van der Waals surface area contributed by atoms with Crippen molar-refractivity contribution >= 4 is 40.5 Å². The number of aromatic nitrogens is 4. The molecule has 2 aromatic heterocycles. The number of fused-ring (bicyclic) bond motifs is 1. The van der Waals surface area contributed by atoms with Crippen LogP contribution in [0.5, 0.6) is 0 Å². The first-order chi connectivity index (χ1) is 15.1. The Hall–Kier alpha value is -3.92. The van der Waals surface area contributed by atoms with Crippen molar-refractivity contribution in [2.45, 2.75) is 5.16 Å². The molecule has 0 fully saturated rings. The van der Waals surface area contributed by atoms with Crippen molar-refractivity contribution < 1.29 is 14.3 Å². The molecule has 2 heterocycles. The molecule has 0 aliphatic heterocycles. The van der Waals surface area contributed by atoms with Crippen LogP contribution in [0, 0.1) is 0 Å². The number of benzene rings is 2. The molecule has 10 heteroatoms. The fourth-order valence-corrected chi connectivity index (χ4v) is 3.80. The van der Waals surface area contributed by atoms with Crippen LogP contribution in [-0.2, 0) is 9.53 Å². The van der Waals surface area contributed by atoms with Gasteiger partial charge < -0.3 is 15.0 Å². The maximum Gasteiger partial charge on any atom is 0.339 e. The van der Waals surface area contributed by atoms with Crippen molar-refractivity contribution in [2.24, 2.45) is 0 Å². The van der Waals surface area contributed by atoms with Gasteiger partial charge in [-0.3, -0.25) is 14.2 Å². The van der Waals surface area contributed by atoms with E-state index in [2.05, 4.69) is 20.3 Å². The van der Waals surface area contributed by atoms with Crippen molar-refractivity contribution in [1.29, 1.82) is 0 Å². The van der Waals surface area contributed by atoms with Crippen LogP contribution in [0.25, 0.3) is 16.9 Å². The summed E-state index contributed by atoms with van der Waals surface area (Å²) in [5.41, 5.74) is 1.60. The zero-order chi connectivity index (χ0) is 21.8. The predicted molar refractivity (Wildman–Crippen MR) is 117 cm³/mol. The van der Waals surface area contributed by atoms with E-state index in [1.165, 1.54) is 13.4 Å². The molecule has 2 aromatic carbocycles. The number of aromatic amines is 1. The van der Waals surface area contributed by atoms with Crippen LogP contribution >= 0.6 is 11.8 Å². The van der Waals surface area contributed by atoms with Gasteiger partial charge in [0.1, 0.15) is 0 Å². The number of carbonyl (C=O) groups is 2. The molecule has 0 unspecified atom stereocenters. The van der Waals surface area contributed by atoms with Gasteiger partial charge in [0, 0.05) is 5.69 Å². The molecule has 0 aliphatic carbocycles. The number of rotatable bonds is 6. The van der Waals surface area contributed by atoms with E-state index in [4.69, 9.17) is 4.74 Å². The monoisotopic (exact) mass is 435 g/mol. The first-order valence-corrected chi connectivity index (χ1v) is 10.2. The Morgan fingerprint density at radius 3 is 2.65 bits per heavy atom. The maximum atomic E-state index is 12.6. The minimum atomic E-state index is -0.542. The number of hydrogen-bond donors (Lipinski definition) is 2. The number of nitrogens with one attached hydrogen (secondary N) is 2. The summed E-state index contributed by atoms with van der Waals surface area (Å²) in [4.78, 5) is 47.8. The van der Waals surface area contributed by atoms with Gasteiger partial charge >= 0.3 is 5.97 Å². The Labute approximate surface area is 180 Å². The quantitative estimate of drug-likeness (QED) is 0.353. The lowest BCUT2D eigenvalue weighted by Gasteiger charge is -2.10. The third-order valence-corrected chi connectivity index (χ3v) is 5.31. The molecule has 1 amide bonds. The molecule has 0 saturated heterocycles. The first kappa shape index (κ1) is 20.4. The summed E-state index contributed by atoms with van der Waals surface area (Å²) in [6.07, 6.45) is 1.32. The zero-order valence-electron chi connectivity index (χ0n) is 16.4. The van der Waals surface area contributed by atoms with Crippen LogP contribution in [0.3, 0.4) is 0 Å². The Balaban J connectivity index is 1.60. The number of anilines is 1. The lowest BCUT2D eigenvalue weighted by molar-refractivity contribution is -0.113. The number of nitrogens with zero attached hydrogens (tertiary/aromatic N) is 3. The molecule has 0 radical (unpaired) electrons. The van der Waals surface area contributed by atoms with Crippen LogP contribution in [-0.4, -0.2) is 44.3 Å². The van der Waals surface area contributed by atoms with Crippen LogP contribution < -0.4 is 10.9 Å². The third-order valence-electron chi connectivity index (χ3n) is 4.37. The van der Waals surface area contributed by atoms with Gasteiger partial charge in [-0.1, -0.05) is 42.1 Å². The van der Waals surface area contributed by atoms with Crippen LogP contribution in [0.1, 0.15) is 10.4 Å². The minimum absolute atomic E-state index is 0.00354. The molecule has 4 aromatic rings. The summed E-state index contributed by atoms with van der Waals surface area (Å²) < 4.78 is 6.48. The highest BCUT2D eigenvalue weighted by Crippen LogP contribution is 2.26. The maximum absolute atomic E-state index is 12.6. The summed E-state index contributed by atoms with van der Waals surface area (Å²) >= 11 is 1.15. The summed E-state index contributed by atoms with van der Waals surface area (Å²) in [5, 5.41) is 3.17. The Morgan fingerprint density at radius 1 is 1.13 bits per heavy atom. The van der Waals surface area contributed by atoms with E-state index in [1.54, 1.807) is 28.8 Å². The third kappa shape index (κ3) is 4.19. The lowest BCUT2D eigenvalue weighted by atomic mass is 10.2. The molecule has 2 N–H and O–H groups in total. The molecule has 0 saturated carbocycles. The van der Waals surface area contributed by atoms with Gasteiger partial charge in [0.15, 0.2) is 16.3 Å². The summed E-state index contributed by atoms with van der Waals surface area (Å²) in [5.74, 6) is -0.876. The first-order valence-electron chi connectivity index (χ1n) is 9.20. The molecule has 4 rings (SSSR count). The van der Waals surface area contributed by atoms with Gasteiger partial charge in [-0.15, -0.1) is 0 Å². The number of methoxy groups -OCH3 is 1. The van der Waals surface area contributed by atoms with E-state index in [1.807, 2.05) is 30.3 Å². The minimum Gasteiger partial charge on any atom is -0.465 e. The highest BCUT2D eigenvalue weighted by Gasteiger charge is 2.18. The van der Waals surface area contributed by atoms with E-state index < -0.39 is 5.97 Å². The van der Waals surface area contributed by atoms with Gasteiger partial charge in [-0.2, -0.15) is 0 Å². The number of H-pyrrole nitrogens is 1. The summed E-state index contributed by atoms with van der Waals surface area (Å²) in [6.45, 7) is 0. The highest BCUT2D eigenvalue weighted by atomic mass is 32.2. The molecule has 0 atom stereocenters. The van der Waals surface area contributed by atoms with Crippen molar-refractivity contribution in [2.75, 3.05) is 18.2 Å². The number of imidazole rings is 1. The van der Waals surface area contributed by atoms with E-state index in [-0.39, 0.29) is 28.3 Å². The second-order valence-corrected chi connectivity index (χ2v) is 7.29. The second-order valence-electron chi connectivity index (χ2n) is 6.34. The fourth-order valence-electron chi connectivity index (χ4n) is 2.99. The van der Waals surface area contributed by atoms with Gasteiger partial charge in [0.25, 0.3) is 5.56 Å². The smallest absolute Gasteiger partial charge is 0.339 e. The molecule has 9 nitrogen and oxygen atoms in total.